The number of aromatic nitrogens is 1. The van der Waals surface area contributed by atoms with Gasteiger partial charge in [-0.25, -0.2) is 0 Å². The van der Waals surface area contributed by atoms with Crippen LogP contribution in [-0.4, -0.2) is 10.9 Å². The van der Waals surface area contributed by atoms with Crippen molar-refractivity contribution in [2.75, 3.05) is 0 Å². The summed E-state index contributed by atoms with van der Waals surface area (Å²) in [5, 5.41) is 5.06. The minimum absolute atomic E-state index is 0.0665. The van der Waals surface area contributed by atoms with Crippen LogP contribution in [0.1, 0.15) is 15.2 Å². The van der Waals surface area contributed by atoms with Gasteiger partial charge in [-0.1, -0.05) is 28.1 Å². The second-order valence-corrected chi connectivity index (χ2v) is 6.24. The summed E-state index contributed by atoms with van der Waals surface area (Å²) in [5.74, 6) is -0.0665. The third kappa shape index (κ3) is 2.89. The van der Waals surface area contributed by atoms with Gasteiger partial charge in [-0.2, -0.15) is 0 Å². The van der Waals surface area contributed by atoms with Gasteiger partial charge in [0.2, 0.25) is 0 Å². The molecule has 3 nitrogen and oxygen atoms in total. The van der Waals surface area contributed by atoms with Crippen LogP contribution in [0.3, 0.4) is 0 Å². The molecule has 1 amide bonds. The molecule has 0 aliphatic heterocycles. The van der Waals surface area contributed by atoms with E-state index in [1.54, 1.807) is 11.7 Å². The number of amides is 1. The lowest BCUT2D eigenvalue weighted by atomic mass is 10.1. The third-order valence-corrected chi connectivity index (χ3v) is 4.24. The Kier molecular flexibility index (Phi) is 3.80. The van der Waals surface area contributed by atoms with Gasteiger partial charge in [0.25, 0.3) is 5.91 Å². The fourth-order valence-electron chi connectivity index (χ4n) is 1.96. The number of nitrogens with zero attached hydrogens (tertiary/aromatic N) is 1. The molecule has 0 aliphatic carbocycles. The number of carbonyl (C=O) groups excluding carboxylic acids is 1. The number of fused-ring (bicyclic) bond motifs is 1. The molecule has 0 spiro atoms. The van der Waals surface area contributed by atoms with Crippen LogP contribution in [0.15, 0.2) is 52.6 Å². The minimum Gasteiger partial charge on any atom is -0.347 e. The number of thiazole rings is 1. The standard InChI is InChI=1S/C15H11BrN2OS/c16-13-4-3-10-5-12(2-1-11(10)6-13)15(19)18-8-14-7-17-9-20-14/h1-7,9H,8H2,(H,18,19). The topological polar surface area (TPSA) is 42.0 Å². The van der Waals surface area contributed by atoms with Gasteiger partial charge < -0.3 is 5.32 Å². The van der Waals surface area contributed by atoms with Crippen molar-refractivity contribution in [3.05, 3.63) is 63.0 Å². The van der Waals surface area contributed by atoms with Crippen LogP contribution in [0.4, 0.5) is 0 Å². The Hall–Kier alpha value is -1.72. The number of rotatable bonds is 3. The summed E-state index contributed by atoms with van der Waals surface area (Å²) < 4.78 is 1.03. The van der Waals surface area contributed by atoms with Gasteiger partial charge in [-0.3, -0.25) is 9.78 Å². The predicted octanol–water partition coefficient (Wildman–Crippen LogP) is 3.99. The van der Waals surface area contributed by atoms with E-state index < -0.39 is 0 Å². The highest BCUT2D eigenvalue weighted by molar-refractivity contribution is 9.10. The first-order chi connectivity index (χ1) is 9.72. The van der Waals surface area contributed by atoms with E-state index in [2.05, 4.69) is 26.2 Å². The van der Waals surface area contributed by atoms with Crippen LogP contribution in [0.2, 0.25) is 0 Å². The fourth-order valence-corrected chi connectivity index (χ4v) is 2.87. The maximum atomic E-state index is 12.1. The van der Waals surface area contributed by atoms with Crippen molar-refractivity contribution in [3.8, 4) is 0 Å². The Bertz CT molecular complexity index is 756. The van der Waals surface area contributed by atoms with Crippen molar-refractivity contribution >= 4 is 43.9 Å². The summed E-state index contributed by atoms with van der Waals surface area (Å²) in [5.41, 5.74) is 2.43. The van der Waals surface area contributed by atoms with E-state index in [1.807, 2.05) is 36.4 Å². The number of carbonyl (C=O) groups is 1. The highest BCUT2D eigenvalue weighted by Crippen LogP contribution is 2.21. The van der Waals surface area contributed by atoms with E-state index >= 15 is 0 Å². The third-order valence-electron chi connectivity index (χ3n) is 2.97. The van der Waals surface area contributed by atoms with E-state index in [9.17, 15) is 4.79 Å². The molecule has 1 N–H and O–H groups in total. The Morgan fingerprint density at radius 2 is 2.00 bits per heavy atom. The first-order valence-corrected chi connectivity index (χ1v) is 7.74. The highest BCUT2D eigenvalue weighted by atomic mass is 79.9. The molecule has 0 radical (unpaired) electrons. The maximum Gasteiger partial charge on any atom is 0.251 e. The quantitative estimate of drug-likeness (QED) is 0.778. The zero-order valence-electron chi connectivity index (χ0n) is 10.5. The number of benzene rings is 2. The van der Waals surface area contributed by atoms with E-state index in [1.165, 1.54) is 11.3 Å². The van der Waals surface area contributed by atoms with Crippen molar-refractivity contribution in [2.45, 2.75) is 6.54 Å². The summed E-state index contributed by atoms with van der Waals surface area (Å²) >= 11 is 4.98. The molecule has 0 saturated carbocycles. The van der Waals surface area contributed by atoms with Gasteiger partial charge in [0.1, 0.15) is 0 Å². The molecule has 3 rings (SSSR count). The predicted molar refractivity (Wildman–Crippen MR) is 84.9 cm³/mol. The van der Waals surface area contributed by atoms with Crippen LogP contribution < -0.4 is 5.32 Å². The van der Waals surface area contributed by atoms with Gasteiger partial charge in [-0.15, -0.1) is 11.3 Å². The first-order valence-electron chi connectivity index (χ1n) is 6.07. The van der Waals surface area contributed by atoms with Crippen molar-refractivity contribution < 1.29 is 4.79 Å². The van der Waals surface area contributed by atoms with Gasteiger partial charge >= 0.3 is 0 Å². The average Bonchev–Trinajstić information content (AvgIpc) is 2.97. The first kappa shape index (κ1) is 13.3. The van der Waals surface area contributed by atoms with Crippen LogP contribution in [-0.2, 0) is 6.54 Å². The van der Waals surface area contributed by atoms with E-state index in [0.717, 1.165) is 20.1 Å². The molecule has 100 valence electrons. The van der Waals surface area contributed by atoms with Crippen LogP contribution in [0.5, 0.6) is 0 Å². The number of halogens is 1. The van der Waals surface area contributed by atoms with Gasteiger partial charge in [0.05, 0.1) is 12.1 Å². The molecule has 0 aliphatic rings. The number of hydrogen-bond acceptors (Lipinski definition) is 3. The van der Waals surface area contributed by atoms with Crippen LogP contribution in [0, 0.1) is 0 Å². The van der Waals surface area contributed by atoms with Crippen molar-refractivity contribution in [3.63, 3.8) is 0 Å². The molecule has 1 aromatic heterocycles. The molecule has 0 saturated heterocycles. The number of hydrogen-bond donors (Lipinski definition) is 1. The molecule has 0 unspecified atom stereocenters. The molecular weight excluding hydrogens is 336 g/mol. The Morgan fingerprint density at radius 3 is 2.80 bits per heavy atom. The normalized spacial score (nSPS) is 10.7. The van der Waals surface area contributed by atoms with Crippen LogP contribution >= 0.6 is 27.3 Å². The molecule has 2 aromatic carbocycles. The summed E-state index contributed by atoms with van der Waals surface area (Å²) in [4.78, 5) is 17.1. The van der Waals surface area contributed by atoms with E-state index in [4.69, 9.17) is 0 Å². The van der Waals surface area contributed by atoms with Crippen molar-refractivity contribution in [1.82, 2.24) is 10.3 Å². The Balaban J connectivity index is 1.79. The summed E-state index contributed by atoms with van der Waals surface area (Å²) in [6, 6.07) is 11.7. The molecule has 5 heteroatoms. The average molecular weight is 347 g/mol. The highest BCUT2D eigenvalue weighted by Gasteiger charge is 2.07. The SMILES string of the molecule is O=C(NCc1cncs1)c1ccc2cc(Br)ccc2c1. The zero-order chi connectivity index (χ0) is 13.9. The second-order valence-electron chi connectivity index (χ2n) is 4.36. The van der Waals surface area contributed by atoms with Gasteiger partial charge in [0.15, 0.2) is 0 Å². The van der Waals surface area contributed by atoms with E-state index in [-0.39, 0.29) is 5.91 Å². The zero-order valence-corrected chi connectivity index (χ0v) is 12.9. The van der Waals surface area contributed by atoms with Gasteiger partial charge in [0, 0.05) is 21.1 Å². The lowest BCUT2D eigenvalue weighted by Crippen LogP contribution is -2.22. The number of nitrogens with one attached hydrogen (secondary N) is 1. The molecule has 1 heterocycles. The smallest absolute Gasteiger partial charge is 0.251 e. The van der Waals surface area contributed by atoms with E-state index in [0.29, 0.717) is 12.1 Å². The maximum absolute atomic E-state index is 12.1. The fraction of sp³-hybridized carbons (Fsp3) is 0.0667. The summed E-state index contributed by atoms with van der Waals surface area (Å²) in [6.45, 7) is 0.516. The minimum atomic E-state index is -0.0665. The monoisotopic (exact) mass is 346 g/mol. The molecule has 0 atom stereocenters. The van der Waals surface area contributed by atoms with Crippen molar-refractivity contribution in [2.24, 2.45) is 0 Å². The molecule has 0 bridgehead atoms. The molecule has 20 heavy (non-hydrogen) atoms. The Labute approximate surface area is 128 Å². The Morgan fingerprint density at radius 1 is 1.20 bits per heavy atom. The molecule has 3 aromatic rings. The lowest BCUT2D eigenvalue weighted by molar-refractivity contribution is 0.0951. The van der Waals surface area contributed by atoms with Crippen LogP contribution in [0.25, 0.3) is 10.8 Å². The summed E-state index contributed by atoms with van der Waals surface area (Å²) in [7, 11) is 0. The molecular formula is C15H11BrN2OS. The van der Waals surface area contributed by atoms with Gasteiger partial charge in [-0.05, 0) is 35.0 Å². The summed E-state index contributed by atoms with van der Waals surface area (Å²) in [6.07, 6.45) is 1.77. The molecule has 0 fully saturated rings. The van der Waals surface area contributed by atoms with Crippen molar-refractivity contribution in [1.29, 1.82) is 0 Å². The lowest BCUT2D eigenvalue weighted by Gasteiger charge is -2.05. The second kappa shape index (κ2) is 5.73. The largest absolute Gasteiger partial charge is 0.347 e.